The van der Waals surface area contributed by atoms with Gasteiger partial charge in [0.1, 0.15) is 12.4 Å². The van der Waals surface area contributed by atoms with Crippen molar-refractivity contribution >= 4 is 11.9 Å². The molecular formula is C22H39N3O3. The van der Waals surface area contributed by atoms with Crippen LogP contribution >= 0.6 is 0 Å². The highest BCUT2D eigenvalue weighted by molar-refractivity contribution is 5.80. The van der Waals surface area contributed by atoms with Gasteiger partial charge < -0.3 is 10.8 Å². The van der Waals surface area contributed by atoms with Crippen LogP contribution in [-0.4, -0.2) is 32.6 Å². The molecule has 0 aliphatic carbocycles. The maximum Gasteiger partial charge on any atom is 0.320 e. The Hall–Kier alpha value is -1.69. The Morgan fingerprint density at radius 3 is 1.96 bits per heavy atom. The number of carbonyl (C=O) groups is 2. The number of nitrogens with zero attached hydrogens (tertiary/aromatic N) is 2. The summed E-state index contributed by atoms with van der Waals surface area (Å²) in [5, 5.41) is 8.91. The van der Waals surface area contributed by atoms with E-state index in [-0.39, 0.29) is 12.3 Å². The fourth-order valence-electron chi connectivity index (χ4n) is 3.43. The lowest BCUT2D eigenvalue weighted by atomic mass is 10.0. The summed E-state index contributed by atoms with van der Waals surface area (Å²) in [5.41, 5.74) is 6.11. The number of aliphatic carboxylic acids is 1. The summed E-state index contributed by atoms with van der Waals surface area (Å²) < 4.78 is 1.45. The largest absolute Gasteiger partial charge is 0.480 e. The van der Waals surface area contributed by atoms with E-state index < -0.39 is 12.0 Å². The van der Waals surface area contributed by atoms with Gasteiger partial charge in [-0.15, -0.1) is 0 Å². The Bertz CT molecular complexity index is 557. The average molecular weight is 394 g/mol. The number of rotatable bonds is 17. The van der Waals surface area contributed by atoms with E-state index in [9.17, 15) is 9.59 Å². The van der Waals surface area contributed by atoms with Crippen molar-refractivity contribution < 1.29 is 14.7 Å². The van der Waals surface area contributed by atoms with Gasteiger partial charge >= 0.3 is 5.97 Å². The van der Waals surface area contributed by atoms with Gasteiger partial charge in [-0.1, -0.05) is 84.0 Å². The lowest BCUT2D eigenvalue weighted by Gasteiger charge is -2.09. The van der Waals surface area contributed by atoms with Crippen LogP contribution in [0.2, 0.25) is 0 Å². The quantitative estimate of drug-likeness (QED) is 0.365. The number of carbonyl (C=O) groups excluding carboxylic acids is 1. The number of unbranched alkanes of at least 4 members (excludes halogenated alkanes) is 12. The molecule has 0 amide bonds. The first kappa shape index (κ1) is 24.3. The van der Waals surface area contributed by atoms with Crippen molar-refractivity contribution in [3.8, 4) is 0 Å². The summed E-state index contributed by atoms with van der Waals surface area (Å²) >= 11 is 0. The zero-order chi connectivity index (χ0) is 20.6. The van der Waals surface area contributed by atoms with Crippen molar-refractivity contribution in [1.29, 1.82) is 0 Å². The highest BCUT2D eigenvalue weighted by Gasteiger charge is 2.17. The molecule has 1 rings (SSSR count). The molecule has 3 N–H and O–H groups in total. The molecule has 0 saturated heterocycles. The van der Waals surface area contributed by atoms with E-state index in [1.54, 1.807) is 0 Å². The Morgan fingerprint density at radius 2 is 1.46 bits per heavy atom. The van der Waals surface area contributed by atoms with E-state index in [4.69, 9.17) is 10.8 Å². The van der Waals surface area contributed by atoms with Crippen LogP contribution in [0.25, 0.3) is 0 Å². The molecule has 6 nitrogen and oxygen atoms in total. The topological polar surface area (TPSA) is 98.2 Å². The second kappa shape index (κ2) is 15.3. The van der Waals surface area contributed by atoms with Crippen LogP contribution in [0.4, 0.5) is 0 Å². The van der Waals surface area contributed by atoms with Crippen molar-refractivity contribution in [1.82, 2.24) is 9.55 Å². The molecule has 0 fully saturated rings. The van der Waals surface area contributed by atoms with E-state index in [0.717, 1.165) is 12.8 Å². The van der Waals surface area contributed by atoms with Gasteiger partial charge in [-0.05, 0) is 6.42 Å². The summed E-state index contributed by atoms with van der Waals surface area (Å²) in [6.07, 6.45) is 20.1. The summed E-state index contributed by atoms with van der Waals surface area (Å²) in [6, 6.07) is -1.01. The molecular weight excluding hydrogens is 354 g/mol. The zero-order valence-corrected chi connectivity index (χ0v) is 17.6. The van der Waals surface area contributed by atoms with Crippen molar-refractivity contribution in [3.63, 3.8) is 0 Å². The second-order valence-electron chi connectivity index (χ2n) is 7.79. The third-order valence-corrected chi connectivity index (χ3v) is 5.22. The molecule has 160 valence electrons. The SMILES string of the molecule is CCCCCCCCCCCCCCCC(=O)n1cncc1CC(N)C(=O)O. The fraction of sp³-hybridized carbons (Fsp3) is 0.773. The van der Waals surface area contributed by atoms with Gasteiger partial charge in [-0.3, -0.25) is 14.2 Å². The molecule has 1 unspecified atom stereocenters. The number of carboxylic acid groups (broad SMARTS) is 1. The van der Waals surface area contributed by atoms with E-state index in [0.29, 0.717) is 12.1 Å². The van der Waals surface area contributed by atoms with Gasteiger partial charge in [-0.2, -0.15) is 0 Å². The predicted molar refractivity (Wildman–Crippen MR) is 112 cm³/mol. The molecule has 1 aromatic heterocycles. The van der Waals surface area contributed by atoms with Gasteiger partial charge in [-0.25, -0.2) is 4.98 Å². The lowest BCUT2D eigenvalue weighted by Crippen LogP contribution is -2.33. The number of carboxylic acids is 1. The minimum atomic E-state index is -1.07. The van der Waals surface area contributed by atoms with Crippen LogP contribution in [0.1, 0.15) is 107 Å². The summed E-state index contributed by atoms with van der Waals surface area (Å²) in [7, 11) is 0. The number of imidazole rings is 1. The summed E-state index contributed by atoms with van der Waals surface area (Å²) in [4.78, 5) is 27.2. The molecule has 0 aliphatic heterocycles. The van der Waals surface area contributed by atoms with Crippen LogP contribution < -0.4 is 5.73 Å². The first-order valence-corrected chi connectivity index (χ1v) is 11.1. The molecule has 1 heterocycles. The number of nitrogens with two attached hydrogens (primary N) is 1. The third-order valence-electron chi connectivity index (χ3n) is 5.22. The number of hydrogen-bond acceptors (Lipinski definition) is 4. The molecule has 0 radical (unpaired) electrons. The van der Waals surface area contributed by atoms with Gasteiger partial charge in [0.05, 0.1) is 0 Å². The molecule has 6 heteroatoms. The van der Waals surface area contributed by atoms with Crippen molar-refractivity contribution in [2.24, 2.45) is 5.73 Å². The van der Waals surface area contributed by atoms with E-state index in [1.807, 2.05) is 0 Å². The number of aromatic nitrogens is 2. The molecule has 0 aromatic carbocycles. The van der Waals surface area contributed by atoms with Crippen molar-refractivity contribution in [2.75, 3.05) is 0 Å². The Morgan fingerprint density at radius 1 is 0.964 bits per heavy atom. The maximum atomic E-state index is 12.3. The van der Waals surface area contributed by atoms with Crippen LogP contribution in [0, 0.1) is 0 Å². The lowest BCUT2D eigenvalue weighted by molar-refractivity contribution is -0.138. The van der Waals surface area contributed by atoms with Crippen LogP contribution in [0.15, 0.2) is 12.5 Å². The van der Waals surface area contributed by atoms with Gasteiger partial charge in [0, 0.05) is 24.7 Å². The smallest absolute Gasteiger partial charge is 0.320 e. The standard InChI is InChI=1S/C22H39N3O3/c1-2-3-4-5-6-7-8-9-10-11-12-13-14-15-21(26)25-18-24-17-19(25)16-20(23)22(27)28/h17-18,20H,2-16,23H2,1H3,(H,27,28). The summed E-state index contributed by atoms with van der Waals surface area (Å²) in [6.45, 7) is 2.25. The van der Waals surface area contributed by atoms with Crippen LogP contribution in [-0.2, 0) is 11.2 Å². The Labute approximate surface area is 169 Å². The van der Waals surface area contributed by atoms with Gasteiger partial charge in [0.2, 0.25) is 5.91 Å². The van der Waals surface area contributed by atoms with Crippen LogP contribution in [0.3, 0.4) is 0 Å². The van der Waals surface area contributed by atoms with Gasteiger partial charge in [0.25, 0.3) is 0 Å². The Balaban J connectivity index is 2.04. The monoisotopic (exact) mass is 393 g/mol. The third kappa shape index (κ3) is 10.6. The molecule has 0 aliphatic rings. The molecule has 0 saturated carbocycles. The van der Waals surface area contributed by atoms with E-state index in [1.165, 1.54) is 87.7 Å². The highest BCUT2D eigenvalue weighted by Crippen LogP contribution is 2.13. The summed E-state index contributed by atoms with van der Waals surface area (Å²) in [5.74, 6) is -1.11. The fourth-order valence-corrected chi connectivity index (χ4v) is 3.43. The second-order valence-corrected chi connectivity index (χ2v) is 7.79. The first-order valence-electron chi connectivity index (χ1n) is 11.1. The first-order chi connectivity index (χ1) is 13.6. The molecule has 0 spiro atoms. The van der Waals surface area contributed by atoms with Crippen LogP contribution in [0.5, 0.6) is 0 Å². The maximum absolute atomic E-state index is 12.3. The normalized spacial score (nSPS) is 12.2. The van der Waals surface area contributed by atoms with Gasteiger partial charge in [0.15, 0.2) is 0 Å². The molecule has 28 heavy (non-hydrogen) atoms. The number of hydrogen-bond donors (Lipinski definition) is 2. The van der Waals surface area contributed by atoms with E-state index >= 15 is 0 Å². The minimum Gasteiger partial charge on any atom is -0.480 e. The molecule has 1 atom stereocenters. The highest BCUT2D eigenvalue weighted by atomic mass is 16.4. The average Bonchev–Trinajstić information content (AvgIpc) is 3.13. The Kier molecular flexibility index (Phi) is 13.3. The van der Waals surface area contributed by atoms with E-state index in [2.05, 4.69) is 11.9 Å². The van der Waals surface area contributed by atoms with Crippen molar-refractivity contribution in [3.05, 3.63) is 18.2 Å². The minimum absolute atomic E-state index is 0.0341. The molecule has 1 aromatic rings. The zero-order valence-electron chi connectivity index (χ0n) is 17.6. The molecule has 0 bridgehead atoms. The van der Waals surface area contributed by atoms with Crippen molar-refractivity contribution in [2.45, 2.75) is 109 Å². The predicted octanol–water partition coefficient (Wildman–Crippen LogP) is 4.96.